The molecule has 32 heavy (non-hydrogen) atoms. The van der Waals surface area contributed by atoms with Crippen molar-refractivity contribution in [2.24, 2.45) is 5.10 Å². The highest BCUT2D eigenvalue weighted by atomic mass is 79.9. The molecule has 1 aromatic carbocycles. The van der Waals surface area contributed by atoms with Crippen molar-refractivity contribution >= 4 is 39.9 Å². The van der Waals surface area contributed by atoms with Gasteiger partial charge in [-0.25, -0.2) is 5.43 Å². The van der Waals surface area contributed by atoms with Crippen molar-refractivity contribution in [3.05, 3.63) is 22.2 Å². The van der Waals surface area contributed by atoms with E-state index in [1.54, 1.807) is 24.0 Å². The smallest absolute Gasteiger partial charge is 0.329 e. The summed E-state index contributed by atoms with van der Waals surface area (Å²) in [5.74, 6) is -0.929. The number of nitrogens with zero attached hydrogens (tertiary/aromatic N) is 2. The Balaban J connectivity index is 2.02. The van der Waals surface area contributed by atoms with E-state index >= 15 is 0 Å². The third-order valence-electron chi connectivity index (χ3n) is 4.61. The van der Waals surface area contributed by atoms with Crippen molar-refractivity contribution < 1.29 is 28.6 Å². The number of amides is 3. The van der Waals surface area contributed by atoms with Gasteiger partial charge in [-0.3, -0.25) is 14.4 Å². The van der Waals surface area contributed by atoms with Crippen molar-refractivity contribution in [2.75, 3.05) is 39.5 Å². The average molecular weight is 513 g/mol. The molecular weight excluding hydrogens is 484 g/mol. The Kier molecular flexibility index (Phi) is 10.4. The van der Waals surface area contributed by atoms with Gasteiger partial charge in [0.05, 0.1) is 30.5 Å². The number of carbonyl (C=O) groups is 3. The zero-order chi connectivity index (χ0) is 23.5. The number of morpholine rings is 1. The highest BCUT2D eigenvalue weighted by Crippen LogP contribution is 2.36. The fraction of sp³-hybridized carbons (Fsp3) is 0.524. The average Bonchev–Trinajstić information content (AvgIpc) is 2.78. The van der Waals surface area contributed by atoms with Gasteiger partial charge < -0.3 is 24.4 Å². The van der Waals surface area contributed by atoms with Gasteiger partial charge >= 0.3 is 11.8 Å². The standard InChI is InChI=1S/C21H29BrN4O6/c1-4-14(3)24-20(28)21(29)25-23-12-15-10-16(22)19(17(11-15)31-5-2)32-13-18(27)26-6-8-30-9-7-26/h10-12,14H,4-9,13H2,1-3H3,(H,24,28)(H,25,29)/b23-12-/t14-/m0/s1. The molecule has 1 heterocycles. The maximum absolute atomic E-state index is 12.4. The van der Waals surface area contributed by atoms with Crippen molar-refractivity contribution in [1.82, 2.24) is 15.6 Å². The Bertz CT molecular complexity index is 842. The van der Waals surface area contributed by atoms with Crippen LogP contribution >= 0.6 is 15.9 Å². The van der Waals surface area contributed by atoms with Crippen LogP contribution in [0.15, 0.2) is 21.7 Å². The largest absolute Gasteiger partial charge is 0.490 e. The second kappa shape index (κ2) is 13.0. The van der Waals surface area contributed by atoms with Gasteiger partial charge in [-0.1, -0.05) is 6.92 Å². The molecule has 0 aromatic heterocycles. The van der Waals surface area contributed by atoms with E-state index in [0.29, 0.717) is 60.9 Å². The number of benzene rings is 1. The minimum atomic E-state index is -0.854. The van der Waals surface area contributed by atoms with Gasteiger partial charge in [0, 0.05) is 19.1 Å². The lowest BCUT2D eigenvalue weighted by atomic mass is 10.2. The molecule has 1 saturated heterocycles. The number of nitrogens with one attached hydrogen (secondary N) is 2. The van der Waals surface area contributed by atoms with E-state index < -0.39 is 11.8 Å². The summed E-state index contributed by atoms with van der Waals surface area (Å²) in [5.41, 5.74) is 2.79. The normalized spacial score (nSPS) is 14.7. The molecule has 1 aromatic rings. The lowest BCUT2D eigenvalue weighted by Gasteiger charge is -2.27. The maximum atomic E-state index is 12.4. The molecule has 0 radical (unpaired) electrons. The van der Waals surface area contributed by atoms with Gasteiger partial charge in [-0.2, -0.15) is 5.10 Å². The first-order valence-electron chi connectivity index (χ1n) is 10.4. The third-order valence-corrected chi connectivity index (χ3v) is 5.20. The van der Waals surface area contributed by atoms with Crippen LogP contribution in [0.5, 0.6) is 11.5 Å². The number of hydrogen-bond acceptors (Lipinski definition) is 7. The molecular formula is C21H29BrN4O6. The molecule has 1 aliphatic rings. The van der Waals surface area contributed by atoms with E-state index in [0.717, 1.165) is 0 Å². The molecule has 0 spiro atoms. The Morgan fingerprint density at radius 3 is 2.59 bits per heavy atom. The molecule has 0 aliphatic carbocycles. The maximum Gasteiger partial charge on any atom is 0.329 e. The van der Waals surface area contributed by atoms with Crippen molar-refractivity contribution in [1.29, 1.82) is 0 Å². The van der Waals surface area contributed by atoms with Gasteiger partial charge in [0.15, 0.2) is 18.1 Å². The molecule has 1 aliphatic heterocycles. The van der Waals surface area contributed by atoms with Gasteiger partial charge in [0.2, 0.25) is 0 Å². The van der Waals surface area contributed by atoms with E-state index in [1.165, 1.54) is 6.21 Å². The van der Waals surface area contributed by atoms with E-state index in [9.17, 15) is 14.4 Å². The van der Waals surface area contributed by atoms with E-state index in [1.807, 2.05) is 13.8 Å². The zero-order valence-corrected chi connectivity index (χ0v) is 20.1. The number of carbonyl (C=O) groups excluding carboxylic acids is 3. The van der Waals surface area contributed by atoms with Crippen molar-refractivity contribution in [3.63, 3.8) is 0 Å². The lowest BCUT2D eigenvalue weighted by molar-refractivity contribution is -0.139. The highest BCUT2D eigenvalue weighted by molar-refractivity contribution is 9.10. The van der Waals surface area contributed by atoms with Gasteiger partial charge in [-0.15, -0.1) is 0 Å². The summed E-state index contributed by atoms with van der Waals surface area (Å²) in [6.45, 7) is 7.90. The molecule has 3 amide bonds. The second-order valence-electron chi connectivity index (χ2n) is 7.03. The van der Waals surface area contributed by atoms with Crippen molar-refractivity contribution in [3.8, 4) is 11.5 Å². The van der Waals surface area contributed by atoms with Gasteiger partial charge in [0.25, 0.3) is 5.91 Å². The third kappa shape index (κ3) is 7.79. The number of ether oxygens (including phenoxy) is 3. The first kappa shape index (κ1) is 25.6. The zero-order valence-electron chi connectivity index (χ0n) is 18.5. The van der Waals surface area contributed by atoms with Crippen LogP contribution in [0, 0.1) is 0 Å². The van der Waals surface area contributed by atoms with Crippen LogP contribution in [0.1, 0.15) is 32.8 Å². The van der Waals surface area contributed by atoms with Crippen LogP contribution in [0.25, 0.3) is 0 Å². The summed E-state index contributed by atoms with van der Waals surface area (Å²) in [6, 6.07) is 3.26. The fourth-order valence-electron chi connectivity index (χ4n) is 2.71. The molecule has 2 N–H and O–H groups in total. The summed E-state index contributed by atoms with van der Waals surface area (Å²) < 4.78 is 17.2. The molecule has 0 unspecified atom stereocenters. The number of halogens is 1. The SMILES string of the molecule is CCOc1cc(/C=N\NC(=O)C(=O)N[C@@H](C)CC)cc(Br)c1OCC(=O)N1CCOCC1. The Morgan fingerprint density at radius 1 is 1.22 bits per heavy atom. The fourth-order valence-corrected chi connectivity index (χ4v) is 3.29. The quantitative estimate of drug-likeness (QED) is 0.293. The van der Waals surface area contributed by atoms with Crippen LogP contribution in [0.4, 0.5) is 0 Å². The van der Waals surface area contributed by atoms with Crippen LogP contribution in [0.2, 0.25) is 0 Å². The summed E-state index contributed by atoms with van der Waals surface area (Å²) in [4.78, 5) is 37.6. The number of hydrogen-bond donors (Lipinski definition) is 2. The highest BCUT2D eigenvalue weighted by Gasteiger charge is 2.20. The first-order valence-corrected chi connectivity index (χ1v) is 11.2. The minimum Gasteiger partial charge on any atom is -0.490 e. The number of rotatable bonds is 9. The Hall–Kier alpha value is -2.66. The summed E-state index contributed by atoms with van der Waals surface area (Å²) in [6.07, 6.45) is 2.09. The van der Waals surface area contributed by atoms with Crippen LogP contribution in [0.3, 0.4) is 0 Å². The molecule has 0 saturated carbocycles. The molecule has 176 valence electrons. The van der Waals surface area contributed by atoms with E-state index in [2.05, 4.69) is 31.8 Å². The molecule has 0 bridgehead atoms. The second-order valence-corrected chi connectivity index (χ2v) is 7.88. The van der Waals surface area contributed by atoms with Gasteiger partial charge in [0.1, 0.15) is 0 Å². The Morgan fingerprint density at radius 2 is 1.94 bits per heavy atom. The predicted octanol–water partition coefficient (Wildman–Crippen LogP) is 1.45. The summed E-state index contributed by atoms with van der Waals surface area (Å²) in [7, 11) is 0. The van der Waals surface area contributed by atoms with Crippen LogP contribution in [-0.2, 0) is 19.1 Å². The van der Waals surface area contributed by atoms with Gasteiger partial charge in [-0.05, 0) is 53.9 Å². The topological polar surface area (TPSA) is 119 Å². The summed E-state index contributed by atoms with van der Waals surface area (Å²) >= 11 is 3.43. The first-order chi connectivity index (χ1) is 15.3. The summed E-state index contributed by atoms with van der Waals surface area (Å²) in [5, 5.41) is 6.39. The molecule has 11 heteroatoms. The molecule has 1 atom stereocenters. The van der Waals surface area contributed by atoms with E-state index in [4.69, 9.17) is 14.2 Å². The number of hydrazone groups is 1. The van der Waals surface area contributed by atoms with E-state index in [-0.39, 0.29) is 18.6 Å². The lowest BCUT2D eigenvalue weighted by Crippen LogP contribution is -2.43. The van der Waals surface area contributed by atoms with Crippen LogP contribution < -0.4 is 20.2 Å². The molecule has 1 fully saturated rings. The molecule has 10 nitrogen and oxygen atoms in total. The van der Waals surface area contributed by atoms with Crippen molar-refractivity contribution in [2.45, 2.75) is 33.2 Å². The molecule has 2 rings (SSSR count). The minimum absolute atomic E-state index is 0.107. The van der Waals surface area contributed by atoms with Crippen LogP contribution in [-0.4, -0.2) is 74.4 Å². The Labute approximate surface area is 195 Å². The predicted molar refractivity (Wildman–Crippen MR) is 122 cm³/mol. The monoisotopic (exact) mass is 512 g/mol.